The summed E-state index contributed by atoms with van der Waals surface area (Å²) >= 11 is 1.90. The molecule has 0 unspecified atom stereocenters. The minimum absolute atomic E-state index is 0.513. The van der Waals surface area contributed by atoms with Crippen molar-refractivity contribution in [2.75, 3.05) is 0 Å². The van der Waals surface area contributed by atoms with E-state index in [2.05, 4.69) is 80.1 Å². The first-order valence-electron chi connectivity index (χ1n) is 8.48. The lowest BCUT2D eigenvalue weighted by molar-refractivity contribution is 0.876. The fraction of sp³-hybridized carbons (Fsp3) is 0.182. The number of hydrogen-bond donors (Lipinski definition) is 0. The molecule has 0 amide bonds. The summed E-state index contributed by atoms with van der Waals surface area (Å²) in [6.45, 7) is 4.58. The van der Waals surface area contributed by atoms with Crippen LogP contribution in [0.25, 0.3) is 42.0 Å². The molecule has 0 bridgehead atoms. The largest absolute Gasteiger partial charge is 0.344 e. The molecule has 0 spiro atoms. The van der Waals surface area contributed by atoms with E-state index in [9.17, 15) is 0 Å². The first kappa shape index (κ1) is 14.1. The molecule has 0 radical (unpaired) electrons. The fourth-order valence-electron chi connectivity index (χ4n) is 4.06. The number of thiophene rings is 1. The molecule has 2 heteroatoms. The fourth-order valence-corrected chi connectivity index (χ4v) is 5.17. The molecule has 24 heavy (non-hydrogen) atoms. The molecule has 1 nitrogen and oxygen atoms in total. The summed E-state index contributed by atoms with van der Waals surface area (Å²) in [5, 5.41) is 5.66. The first-order valence-corrected chi connectivity index (χ1v) is 9.29. The molecule has 0 fully saturated rings. The van der Waals surface area contributed by atoms with Crippen molar-refractivity contribution in [3.63, 3.8) is 0 Å². The van der Waals surface area contributed by atoms with Crippen molar-refractivity contribution in [1.29, 1.82) is 0 Å². The van der Waals surface area contributed by atoms with Crippen molar-refractivity contribution in [3.8, 4) is 0 Å². The Bertz CT molecular complexity index is 1240. The molecular weight excluding hydrogens is 310 g/mol. The Morgan fingerprint density at radius 3 is 2.38 bits per heavy atom. The third-order valence-corrected chi connectivity index (χ3v) is 6.33. The minimum atomic E-state index is 0.513. The lowest BCUT2D eigenvalue weighted by Crippen LogP contribution is -1.89. The molecule has 5 aromatic rings. The van der Waals surface area contributed by atoms with Crippen LogP contribution in [0.15, 0.2) is 54.6 Å². The van der Waals surface area contributed by atoms with Gasteiger partial charge in [0.2, 0.25) is 0 Å². The Morgan fingerprint density at radius 1 is 0.750 bits per heavy atom. The highest BCUT2D eigenvalue weighted by atomic mass is 32.1. The monoisotopic (exact) mass is 329 g/mol. The van der Waals surface area contributed by atoms with E-state index in [1.165, 1.54) is 47.5 Å². The molecule has 118 valence electrons. The molecule has 0 aliphatic heterocycles. The quantitative estimate of drug-likeness (QED) is 0.318. The van der Waals surface area contributed by atoms with Gasteiger partial charge in [0.05, 0.1) is 0 Å². The number of aryl methyl sites for hydroxylation is 1. The zero-order valence-corrected chi connectivity index (χ0v) is 14.9. The van der Waals surface area contributed by atoms with Gasteiger partial charge in [0.15, 0.2) is 0 Å². The van der Waals surface area contributed by atoms with Gasteiger partial charge in [-0.3, -0.25) is 0 Å². The molecule has 5 rings (SSSR count). The Hall–Kier alpha value is -2.32. The number of benzene rings is 3. The molecule has 0 aliphatic rings. The van der Waals surface area contributed by atoms with E-state index < -0.39 is 0 Å². The molecule has 0 saturated carbocycles. The smallest absolute Gasteiger partial charge is 0.0496 e. The predicted molar refractivity (Wildman–Crippen MR) is 107 cm³/mol. The van der Waals surface area contributed by atoms with Gasteiger partial charge in [0, 0.05) is 49.0 Å². The van der Waals surface area contributed by atoms with Crippen LogP contribution >= 0.6 is 11.3 Å². The minimum Gasteiger partial charge on any atom is -0.344 e. The van der Waals surface area contributed by atoms with Gasteiger partial charge in [0.1, 0.15) is 0 Å². The van der Waals surface area contributed by atoms with Gasteiger partial charge >= 0.3 is 0 Å². The van der Waals surface area contributed by atoms with E-state index in [1.54, 1.807) is 0 Å². The van der Waals surface area contributed by atoms with E-state index in [0.717, 1.165) is 0 Å². The van der Waals surface area contributed by atoms with Gasteiger partial charge < -0.3 is 4.57 Å². The third kappa shape index (κ3) is 1.69. The number of rotatable bonds is 1. The molecule has 2 heterocycles. The second-order valence-electron chi connectivity index (χ2n) is 6.89. The molecule has 3 aromatic carbocycles. The average Bonchev–Trinajstić information content (AvgIpc) is 3.10. The Morgan fingerprint density at radius 2 is 1.54 bits per heavy atom. The standard InChI is InChI=1S/C22H19NS/c1-13(2)14-8-6-9-16-20(14)22-17(23(16)3)11-12-19-21(22)15-7-4-5-10-18(15)24-19/h4-13H,1-3H3. The highest BCUT2D eigenvalue weighted by Gasteiger charge is 2.18. The molecule has 0 N–H and O–H groups in total. The van der Waals surface area contributed by atoms with Crippen molar-refractivity contribution in [1.82, 2.24) is 4.57 Å². The van der Waals surface area contributed by atoms with Crippen molar-refractivity contribution in [2.24, 2.45) is 7.05 Å². The van der Waals surface area contributed by atoms with E-state index in [-0.39, 0.29) is 0 Å². The maximum Gasteiger partial charge on any atom is 0.0496 e. The summed E-state index contributed by atoms with van der Waals surface area (Å²) in [5.41, 5.74) is 4.11. The van der Waals surface area contributed by atoms with Crippen LogP contribution in [0.5, 0.6) is 0 Å². The summed E-state index contributed by atoms with van der Waals surface area (Å²) in [6.07, 6.45) is 0. The van der Waals surface area contributed by atoms with E-state index >= 15 is 0 Å². The normalized spacial score (nSPS) is 12.3. The molecule has 0 saturated heterocycles. The van der Waals surface area contributed by atoms with Crippen molar-refractivity contribution < 1.29 is 0 Å². The van der Waals surface area contributed by atoms with Crippen LogP contribution in [0, 0.1) is 0 Å². The molecular formula is C22H19NS. The molecule has 0 aliphatic carbocycles. The van der Waals surface area contributed by atoms with Crippen LogP contribution in [-0.2, 0) is 7.05 Å². The number of nitrogens with zero attached hydrogens (tertiary/aromatic N) is 1. The number of hydrogen-bond acceptors (Lipinski definition) is 1. The van der Waals surface area contributed by atoms with Gasteiger partial charge in [-0.25, -0.2) is 0 Å². The summed E-state index contributed by atoms with van der Waals surface area (Å²) in [5.74, 6) is 0.513. The van der Waals surface area contributed by atoms with Crippen LogP contribution in [0.4, 0.5) is 0 Å². The zero-order valence-electron chi connectivity index (χ0n) is 14.1. The SMILES string of the molecule is CC(C)c1cccc2c1c1c3c(ccc1n2C)sc1ccccc13. The van der Waals surface area contributed by atoms with Crippen molar-refractivity contribution in [2.45, 2.75) is 19.8 Å². The van der Waals surface area contributed by atoms with E-state index in [4.69, 9.17) is 0 Å². The second-order valence-corrected chi connectivity index (χ2v) is 7.97. The highest BCUT2D eigenvalue weighted by Crippen LogP contribution is 2.43. The summed E-state index contributed by atoms with van der Waals surface area (Å²) in [7, 11) is 2.19. The summed E-state index contributed by atoms with van der Waals surface area (Å²) in [6, 6.07) is 20.1. The Balaban J connectivity index is 2.16. The lowest BCUT2D eigenvalue weighted by atomic mass is 9.95. The maximum atomic E-state index is 2.35. The Labute approximate surface area is 145 Å². The van der Waals surface area contributed by atoms with Gasteiger partial charge in [-0.2, -0.15) is 0 Å². The van der Waals surface area contributed by atoms with E-state index in [1.807, 2.05) is 11.3 Å². The van der Waals surface area contributed by atoms with Crippen molar-refractivity contribution in [3.05, 3.63) is 60.2 Å². The van der Waals surface area contributed by atoms with Crippen LogP contribution in [0.3, 0.4) is 0 Å². The second kappa shape index (κ2) is 4.84. The van der Waals surface area contributed by atoms with Crippen LogP contribution < -0.4 is 0 Å². The van der Waals surface area contributed by atoms with Crippen LogP contribution in [0.2, 0.25) is 0 Å². The highest BCUT2D eigenvalue weighted by molar-refractivity contribution is 7.26. The van der Waals surface area contributed by atoms with Gasteiger partial charge in [0.25, 0.3) is 0 Å². The molecule has 0 atom stereocenters. The molecule has 2 aromatic heterocycles. The average molecular weight is 329 g/mol. The van der Waals surface area contributed by atoms with E-state index in [0.29, 0.717) is 5.92 Å². The van der Waals surface area contributed by atoms with Crippen LogP contribution in [-0.4, -0.2) is 4.57 Å². The maximum absolute atomic E-state index is 2.35. The summed E-state index contributed by atoms with van der Waals surface area (Å²) < 4.78 is 5.11. The van der Waals surface area contributed by atoms with Gasteiger partial charge in [-0.15, -0.1) is 11.3 Å². The zero-order chi connectivity index (χ0) is 16.4. The van der Waals surface area contributed by atoms with Gasteiger partial charge in [-0.1, -0.05) is 44.2 Å². The third-order valence-electron chi connectivity index (χ3n) is 5.19. The lowest BCUT2D eigenvalue weighted by Gasteiger charge is -2.08. The predicted octanol–water partition coefficient (Wildman–Crippen LogP) is 6.82. The first-order chi connectivity index (χ1) is 11.7. The van der Waals surface area contributed by atoms with Gasteiger partial charge in [-0.05, 0) is 35.7 Å². The Kier molecular flexibility index (Phi) is 2.84. The number of fused-ring (bicyclic) bond motifs is 7. The van der Waals surface area contributed by atoms with Crippen molar-refractivity contribution >= 4 is 53.3 Å². The number of aromatic nitrogens is 1. The summed E-state index contributed by atoms with van der Waals surface area (Å²) in [4.78, 5) is 0. The van der Waals surface area contributed by atoms with Crippen LogP contribution in [0.1, 0.15) is 25.3 Å². The topological polar surface area (TPSA) is 4.93 Å².